The average Bonchev–Trinajstić information content (AvgIpc) is 3.14. The van der Waals surface area contributed by atoms with E-state index < -0.39 is 15.7 Å². The lowest BCUT2D eigenvalue weighted by molar-refractivity contribution is 0.102. The van der Waals surface area contributed by atoms with E-state index in [1.807, 2.05) is 6.92 Å². The van der Waals surface area contributed by atoms with Crippen LogP contribution in [0.4, 0.5) is 5.13 Å². The quantitative estimate of drug-likeness (QED) is 0.415. The number of nitrogens with zero attached hydrogens (tertiary/aromatic N) is 3. The molecule has 0 aliphatic rings. The van der Waals surface area contributed by atoms with E-state index in [9.17, 15) is 13.2 Å². The lowest BCUT2D eigenvalue weighted by atomic mass is 10.0. The molecule has 0 fully saturated rings. The van der Waals surface area contributed by atoms with Crippen LogP contribution >= 0.6 is 22.9 Å². The van der Waals surface area contributed by atoms with E-state index in [4.69, 9.17) is 16.3 Å². The zero-order valence-electron chi connectivity index (χ0n) is 17.2. The fourth-order valence-corrected chi connectivity index (χ4v) is 4.89. The second-order valence-corrected chi connectivity index (χ2v) is 10.4. The van der Waals surface area contributed by atoms with Crippen molar-refractivity contribution in [3.8, 4) is 16.9 Å². The first-order valence-corrected chi connectivity index (χ1v) is 12.3. The Labute approximate surface area is 193 Å². The minimum atomic E-state index is -3.35. The number of pyridine rings is 2. The van der Waals surface area contributed by atoms with Crippen LogP contribution in [-0.4, -0.2) is 42.6 Å². The number of sulfone groups is 1. The highest BCUT2D eigenvalue weighted by Crippen LogP contribution is 2.35. The number of halogens is 1. The van der Waals surface area contributed by atoms with Crippen LogP contribution < -0.4 is 10.1 Å². The number of carbonyl (C=O) groups excluding carboxylic acids is 1. The normalized spacial score (nSPS) is 11.5. The van der Waals surface area contributed by atoms with Gasteiger partial charge in [-0.1, -0.05) is 22.9 Å². The number of amides is 1. The molecular weight excluding hydrogens is 472 g/mol. The number of carbonyl (C=O) groups is 1. The molecule has 32 heavy (non-hydrogen) atoms. The molecule has 11 heteroatoms. The maximum absolute atomic E-state index is 13.1. The van der Waals surface area contributed by atoms with Gasteiger partial charge in [0.05, 0.1) is 34.0 Å². The monoisotopic (exact) mass is 488 g/mol. The van der Waals surface area contributed by atoms with E-state index in [1.54, 1.807) is 24.3 Å². The first kappa shape index (κ1) is 22.1. The Kier molecular flexibility index (Phi) is 5.85. The number of rotatable bonds is 5. The van der Waals surface area contributed by atoms with Crippen molar-refractivity contribution >= 4 is 54.0 Å². The number of methoxy groups -OCH3 is 1. The second kappa shape index (κ2) is 8.45. The highest BCUT2D eigenvalue weighted by Gasteiger charge is 2.19. The zero-order valence-corrected chi connectivity index (χ0v) is 19.6. The molecule has 0 aliphatic heterocycles. The molecule has 3 aromatic heterocycles. The van der Waals surface area contributed by atoms with Crippen molar-refractivity contribution in [2.75, 3.05) is 18.7 Å². The van der Waals surface area contributed by atoms with Gasteiger partial charge in [-0.2, -0.15) is 0 Å². The van der Waals surface area contributed by atoms with Gasteiger partial charge in [0.2, 0.25) is 0 Å². The Morgan fingerprint density at radius 3 is 2.62 bits per heavy atom. The SMILES string of the molecule is COc1cnc(Cl)cc1-c1cc(C)ncc1C(=O)Nc1nc2ccc(S(C)(=O)=O)cc2s1. The molecule has 0 aliphatic carbocycles. The van der Waals surface area contributed by atoms with Crippen molar-refractivity contribution in [1.82, 2.24) is 15.0 Å². The van der Waals surface area contributed by atoms with E-state index >= 15 is 0 Å². The highest BCUT2D eigenvalue weighted by atomic mass is 35.5. The van der Waals surface area contributed by atoms with E-state index in [0.29, 0.717) is 43.5 Å². The molecule has 0 saturated heterocycles. The van der Waals surface area contributed by atoms with Crippen LogP contribution in [0.5, 0.6) is 5.75 Å². The molecule has 4 rings (SSSR count). The number of thiazole rings is 1. The largest absolute Gasteiger partial charge is 0.494 e. The standard InChI is InChI=1S/C21H17ClN4O4S2/c1-11-6-13(14-8-19(22)24-10-17(14)30-2)15(9-23-11)20(27)26-21-25-16-5-4-12(32(3,28)29)7-18(16)31-21/h4-10H,1-3H3,(H,25,26,27). The summed E-state index contributed by atoms with van der Waals surface area (Å²) in [5.41, 5.74) is 2.77. The summed E-state index contributed by atoms with van der Waals surface area (Å²) in [7, 11) is -1.84. The number of fused-ring (bicyclic) bond motifs is 1. The number of aromatic nitrogens is 3. The smallest absolute Gasteiger partial charge is 0.259 e. The van der Waals surface area contributed by atoms with E-state index in [1.165, 1.54) is 36.9 Å². The van der Waals surface area contributed by atoms with Crippen LogP contribution in [0.2, 0.25) is 5.15 Å². The van der Waals surface area contributed by atoms with Gasteiger partial charge in [-0.3, -0.25) is 15.1 Å². The van der Waals surface area contributed by atoms with E-state index in [0.717, 1.165) is 6.26 Å². The maximum atomic E-state index is 13.1. The minimum Gasteiger partial charge on any atom is -0.494 e. The van der Waals surface area contributed by atoms with Gasteiger partial charge in [0.15, 0.2) is 15.0 Å². The van der Waals surface area contributed by atoms with Crippen molar-refractivity contribution in [2.24, 2.45) is 0 Å². The molecule has 3 heterocycles. The number of hydrogen-bond acceptors (Lipinski definition) is 8. The average molecular weight is 489 g/mol. The molecule has 0 bridgehead atoms. The van der Waals surface area contributed by atoms with E-state index in [2.05, 4.69) is 20.3 Å². The fraction of sp³-hybridized carbons (Fsp3) is 0.143. The first-order chi connectivity index (χ1) is 15.2. The van der Waals surface area contributed by atoms with Gasteiger partial charge >= 0.3 is 0 Å². The number of benzene rings is 1. The molecule has 1 N–H and O–H groups in total. The topological polar surface area (TPSA) is 111 Å². The molecule has 1 aromatic carbocycles. The summed E-state index contributed by atoms with van der Waals surface area (Å²) >= 11 is 7.26. The van der Waals surface area contributed by atoms with Gasteiger partial charge in [0.25, 0.3) is 5.91 Å². The van der Waals surface area contributed by atoms with Crippen LogP contribution in [0.3, 0.4) is 0 Å². The van der Waals surface area contributed by atoms with Crippen molar-refractivity contribution in [1.29, 1.82) is 0 Å². The van der Waals surface area contributed by atoms with Gasteiger partial charge < -0.3 is 4.74 Å². The summed E-state index contributed by atoms with van der Waals surface area (Å²) in [6.45, 7) is 1.81. The van der Waals surface area contributed by atoms with Gasteiger partial charge in [-0.05, 0) is 37.3 Å². The van der Waals surface area contributed by atoms with Crippen LogP contribution in [0.15, 0.2) is 47.6 Å². The summed E-state index contributed by atoms with van der Waals surface area (Å²) < 4.78 is 29.7. The molecular formula is C21H17ClN4O4S2. The van der Waals surface area contributed by atoms with Crippen molar-refractivity contribution in [2.45, 2.75) is 11.8 Å². The Morgan fingerprint density at radius 2 is 1.91 bits per heavy atom. The highest BCUT2D eigenvalue weighted by molar-refractivity contribution is 7.90. The minimum absolute atomic E-state index is 0.193. The first-order valence-electron chi connectivity index (χ1n) is 9.24. The van der Waals surface area contributed by atoms with Gasteiger partial charge in [0.1, 0.15) is 10.9 Å². The molecule has 0 radical (unpaired) electrons. The Bertz CT molecular complexity index is 1470. The van der Waals surface area contributed by atoms with Gasteiger partial charge in [-0.25, -0.2) is 18.4 Å². The molecule has 164 valence electrons. The molecule has 0 spiro atoms. The number of hydrogen-bond donors (Lipinski definition) is 1. The van der Waals surface area contributed by atoms with Crippen LogP contribution in [0.1, 0.15) is 16.1 Å². The number of aryl methyl sites for hydroxylation is 1. The Morgan fingerprint density at radius 1 is 1.12 bits per heavy atom. The third-order valence-corrected chi connectivity index (χ3v) is 6.89. The molecule has 0 unspecified atom stereocenters. The number of ether oxygens (including phenoxy) is 1. The second-order valence-electron chi connectivity index (χ2n) is 6.95. The van der Waals surface area contributed by atoms with Crippen molar-refractivity contribution < 1.29 is 17.9 Å². The predicted molar refractivity (Wildman–Crippen MR) is 124 cm³/mol. The molecule has 8 nitrogen and oxygen atoms in total. The summed E-state index contributed by atoms with van der Waals surface area (Å²) in [6.07, 6.45) is 4.11. The Hall–Kier alpha value is -3.08. The van der Waals surface area contributed by atoms with Crippen LogP contribution in [0.25, 0.3) is 21.3 Å². The van der Waals surface area contributed by atoms with Gasteiger partial charge in [-0.15, -0.1) is 0 Å². The summed E-state index contributed by atoms with van der Waals surface area (Å²) in [6, 6.07) is 8.03. The molecule has 0 atom stereocenters. The fourth-order valence-electron chi connectivity index (χ4n) is 3.11. The number of anilines is 1. The maximum Gasteiger partial charge on any atom is 0.259 e. The molecule has 1 amide bonds. The van der Waals surface area contributed by atoms with Crippen molar-refractivity contribution in [3.05, 3.63) is 59.1 Å². The number of nitrogens with one attached hydrogen (secondary N) is 1. The van der Waals surface area contributed by atoms with Crippen LogP contribution in [-0.2, 0) is 9.84 Å². The van der Waals surface area contributed by atoms with Gasteiger partial charge in [0, 0.05) is 29.3 Å². The van der Waals surface area contributed by atoms with Crippen molar-refractivity contribution in [3.63, 3.8) is 0 Å². The predicted octanol–water partition coefficient (Wildman–Crippen LogP) is 4.38. The summed E-state index contributed by atoms with van der Waals surface area (Å²) in [4.78, 5) is 26.0. The lowest BCUT2D eigenvalue weighted by Crippen LogP contribution is -2.14. The van der Waals surface area contributed by atoms with Crippen LogP contribution in [0, 0.1) is 6.92 Å². The lowest BCUT2D eigenvalue weighted by Gasteiger charge is -2.13. The Balaban J connectivity index is 1.73. The van der Waals surface area contributed by atoms with E-state index in [-0.39, 0.29) is 10.0 Å². The molecule has 0 saturated carbocycles. The third kappa shape index (κ3) is 4.43. The summed E-state index contributed by atoms with van der Waals surface area (Å²) in [5, 5.41) is 3.37. The third-order valence-electron chi connectivity index (χ3n) is 4.64. The molecule has 4 aromatic rings. The zero-order chi connectivity index (χ0) is 23.0. The summed E-state index contributed by atoms with van der Waals surface area (Å²) in [5.74, 6) is 0.0345.